The number of carboxylic acid groups (broad SMARTS) is 1. The average Bonchev–Trinajstić information content (AvgIpc) is 2.84. The van der Waals surface area contributed by atoms with Gasteiger partial charge in [-0.25, -0.2) is 4.79 Å². The van der Waals surface area contributed by atoms with Crippen molar-refractivity contribution in [3.05, 3.63) is 77.9 Å². The summed E-state index contributed by atoms with van der Waals surface area (Å²) in [5.74, 6) is -1.95. The molecule has 1 unspecified atom stereocenters. The standard InChI is InChI=1S/C26H25N3O5S2/c1-3-23(24(32)27-19-11-12-22(31)21(14-19)25(33)34)36-20-6-4-5-18(13-20)29-26(35)28-17-9-7-16(8-10-17)15(2)30/h4-14,23,31H,3H2,1-2H3,(H,27,32)(H,33,34)(H2,28,29,35). The van der Waals surface area contributed by atoms with Gasteiger partial charge >= 0.3 is 5.97 Å². The van der Waals surface area contributed by atoms with Crippen LogP contribution in [0.4, 0.5) is 17.1 Å². The molecule has 0 aliphatic rings. The summed E-state index contributed by atoms with van der Waals surface area (Å²) in [5, 5.41) is 27.7. The first-order valence-electron chi connectivity index (χ1n) is 11.0. The number of aromatic carboxylic acids is 1. The number of carbonyl (C=O) groups is 3. The summed E-state index contributed by atoms with van der Waals surface area (Å²) in [4.78, 5) is 36.3. The Bertz CT molecular complexity index is 1290. The van der Waals surface area contributed by atoms with Gasteiger partial charge in [0.25, 0.3) is 0 Å². The molecule has 0 aromatic heterocycles. The van der Waals surface area contributed by atoms with Crippen LogP contribution in [0, 0.1) is 0 Å². The van der Waals surface area contributed by atoms with Crippen LogP contribution < -0.4 is 16.0 Å². The van der Waals surface area contributed by atoms with Crippen molar-refractivity contribution in [1.29, 1.82) is 0 Å². The van der Waals surface area contributed by atoms with Crippen LogP contribution in [-0.2, 0) is 4.79 Å². The number of aromatic hydroxyl groups is 1. The maximum Gasteiger partial charge on any atom is 0.339 e. The predicted octanol–water partition coefficient (Wildman–Crippen LogP) is 5.61. The van der Waals surface area contributed by atoms with Gasteiger partial charge in [-0.3, -0.25) is 9.59 Å². The lowest BCUT2D eigenvalue weighted by Crippen LogP contribution is -2.24. The number of thiocarbonyl (C=S) groups is 1. The maximum absolute atomic E-state index is 12.8. The number of benzene rings is 3. The third-order valence-electron chi connectivity index (χ3n) is 5.08. The molecule has 0 bridgehead atoms. The molecule has 0 saturated heterocycles. The van der Waals surface area contributed by atoms with E-state index >= 15 is 0 Å². The quantitative estimate of drug-likeness (QED) is 0.105. The molecule has 186 valence electrons. The second kappa shape index (κ2) is 12.2. The van der Waals surface area contributed by atoms with E-state index in [2.05, 4.69) is 16.0 Å². The third-order valence-corrected chi connectivity index (χ3v) is 6.64. The number of amides is 1. The highest BCUT2D eigenvalue weighted by atomic mass is 32.2. The van der Waals surface area contributed by atoms with E-state index in [0.29, 0.717) is 17.1 Å². The molecule has 10 heteroatoms. The van der Waals surface area contributed by atoms with Gasteiger partial charge in [0.05, 0.1) is 5.25 Å². The number of carboxylic acids is 1. The fraction of sp³-hybridized carbons (Fsp3) is 0.154. The smallest absolute Gasteiger partial charge is 0.339 e. The predicted molar refractivity (Wildman–Crippen MR) is 146 cm³/mol. The minimum atomic E-state index is -1.28. The summed E-state index contributed by atoms with van der Waals surface area (Å²) in [7, 11) is 0. The summed E-state index contributed by atoms with van der Waals surface area (Å²) in [6.07, 6.45) is 0.536. The number of rotatable bonds is 9. The Balaban J connectivity index is 1.62. The Kier molecular flexibility index (Phi) is 9.04. The number of thioether (sulfide) groups is 1. The molecule has 0 saturated carbocycles. The van der Waals surface area contributed by atoms with Crippen molar-refractivity contribution in [1.82, 2.24) is 0 Å². The molecule has 3 aromatic rings. The summed E-state index contributed by atoms with van der Waals surface area (Å²) in [6, 6.07) is 18.3. The van der Waals surface area contributed by atoms with Gasteiger partial charge in [-0.1, -0.05) is 13.0 Å². The highest BCUT2D eigenvalue weighted by Gasteiger charge is 2.19. The Hall–Kier alpha value is -3.89. The molecule has 0 heterocycles. The fourth-order valence-corrected chi connectivity index (χ4v) is 4.47. The highest BCUT2D eigenvalue weighted by molar-refractivity contribution is 8.00. The van der Waals surface area contributed by atoms with Gasteiger partial charge < -0.3 is 26.2 Å². The largest absolute Gasteiger partial charge is 0.507 e. The lowest BCUT2D eigenvalue weighted by molar-refractivity contribution is -0.115. The molecular weight excluding hydrogens is 498 g/mol. The number of carbonyl (C=O) groups excluding carboxylic acids is 2. The van der Waals surface area contributed by atoms with Crippen molar-refractivity contribution < 1.29 is 24.6 Å². The van der Waals surface area contributed by atoms with Gasteiger partial charge in [0.15, 0.2) is 10.9 Å². The van der Waals surface area contributed by atoms with E-state index in [1.165, 1.54) is 36.9 Å². The van der Waals surface area contributed by atoms with Crippen molar-refractivity contribution in [3.63, 3.8) is 0 Å². The molecular formula is C26H25N3O5S2. The van der Waals surface area contributed by atoms with E-state index in [1.54, 1.807) is 24.3 Å². The van der Waals surface area contributed by atoms with Gasteiger partial charge in [0.2, 0.25) is 5.91 Å². The number of nitrogens with one attached hydrogen (secondary N) is 3. The van der Waals surface area contributed by atoms with Gasteiger partial charge in [0.1, 0.15) is 11.3 Å². The summed E-state index contributed by atoms with van der Waals surface area (Å²) in [6.45, 7) is 3.39. The molecule has 0 spiro atoms. The zero-order chi connectivity index (χ0) is 26.2. The Labute approximate surface area is 218 Å². The van der Waals surface area contributed by atoms with Crippen molar-refractivity contribution in [2.75, 3.05) is 16.0 Å². The molecule has 0 aliphatic carbocycles. The zero-order valence-electron chi connectivity index (χ0n) is 19.6. The van der Waals surface area contributed by atoms with Crippen molar-refractivity contribution in [2.24, 2.45) is 0 Å². The van der Waals surface area contributed by atoms with Crippen molar-refractivity contribution >= 4 is 63.8 Å². The third kappa shape index (κ3) is 7.30. The number of Topliss-reactive ketones (excluding diaryl/α,β-unsaturated/α-hetero) is 1. The van der Waals surface area contributed by atoms with Crippen molar-refractivity contribution in [2.45, 2.75) is 30.4 Å². The van der Waals surface area contributed by atoms with Gasteiger partial charge in [-0.15, -0.1) is 11.8 Å². The van der Waals surface area contributed by atoms with Crippen LogP contribution >= 0.6 is 24.0 Å². The van der Waals surface area contributed by atoms with Crippen LogP contribution in [0.5, 0.6) is 5.75 Å². The SMILES string of the molecule is CCC(Sc1cccc(NC(=S)Nc2ccc(C(C)=O)cc2)c1)C(=O)Nc1ccc(O)c(C(=O)O)c1. The van der Waals surface area contributed by atoms with Crippen LogP contribution in [0.3, 0.4) is 0 Å². The molecule has 5 N–H and O–H groups in total. The van der Waals surface area contributed by atoms with E-state index in [1.807, 2.05) is 31.2 Å². The zero-order valence-corrected chi connectivity index (χ0v) is 21.2. The molecule has 1 atom stereocenters. The molecule has 3 aromatic carbocycles. The molecule has 8 nitrogen and oxygen atoms in total. The summed E-state index contributed by atoms with van der Waals surface area (Å²) in [5.41, 5.74) is 2.10. The molecule has 3 rings (SSSR count). The number of phenols is 1. The number of hydrogen-bond donors (Lipinski definition) is 5. The van der Waals surface area contributed by atoms with Crippen LogP contribution in [-0.4, -0.2) is 38.2 Å². The monoisotopic (exact) mass is 523 g/mol. The van der Waals surface area contributed by atoms with Gasteiger partial charge in [-0.05, 0) is 86.2 Å². The Morgan fingerprint density at radius 3 is 2.19 bits per heavy atom. The minimum absolute atomic E-state index is 0.0105. The number of ketones is 1. The molecule has 0 fully saturated rings. The second-order valence-electron chi connectivity index (χ2n) is 7.78. The van der Waals surface area contributed by atoms with E-state index in [4.69, 9.17) is 17.3 Å². The maximum atomic E-state index is 12.8. The summed E-state index contributed by atoms with van der Waals surface area (Å²) < 4.78 is 0. The summed E-state index contributed by atoms with van der Waals surface area (Å²) >= 11 is 6.75. The molecule has 1 amide bonds. The van der Waals surface area contributed by atoms with Crippen LogP contribution in [0.1, 0.15) is 41.0 Å². The van der Waals surface area contributed by atoms with Gasteiger partial charge in [-0.2, -0.15) is 0 Å². The first-order valence-corrected chi connectivity index (χ1v) is 12.3. The van der Waals surface area contributed by atoms with Crippen LogP contribution in [0.15, 0.2) is 71.6 Å². The number of hydrogen-bond acceptors (Lipinski definition) is 6. The first-order chi connectivity index (χ1) is 17.2. The van der Waals surface area contributed by atoms with E-state index in [0.717, 1.165) is 16.3 Å². The van der Waals surface area contributed by atoms with E-state index < -0.39 is 11.2 Å². The highest BCUT2D eigenvalue weighted by Crippen LogP contribution is 2.29. The van der Waals surface area contributed by atoms with Crippen LogP contribution in [0.25, 0.3) is 0 Å². The second-order valence-corrected chi connectivity index (χ2v) is 9.47. The van der Waals surface area contributed by atoms with Crippen LogP contribution in [0.2, 0.25) is 0 Å². The average molecular weight is 524 g/mol. The Morgan fingerprint density at radius 1 is 0.917 bits per heavy atom. The topological polar surface area (TPSA) is 128 Å². The Morgan fingerprint density at radius 2 is 1.56 bits per heavy atom. The van der Waals surface area contributed by atoms with Crippen molar-refractivity contribution in [3.8, 4) is 5.75 Å². The minimum Gasteiger partial charge on any atom is -0.507 e. The van der Waals surface area contributed by atoms with E-state index in [-0.39, 0.29) is 28.7 Å². The molecule has 0 aliphatic heterocycles. The first kappa shape index (κ1) is 26.7. The number of anilines is 3. The molecule has 0 radical (unpaired) electrons. The lowest BCUT2D eigenvalue weighted by Gasteiger charge is -2.16. The lowest BCUT2D eigenvalue weighted by atomic mass is 10.1. The normalized spacial score (nSPS) is 11.3. The van der Waals surface area contributed by atoms with Gasteiger partial charge in [0, 0.05) is 27.5 Å². The molecule has 36 heavy (non-hydrogen) atoms. The fourth-order valence-electron chi connectivity index (χ4n) is 3.22. The van der Waals surface area contributed by atoms with E-state index in [9.17, 15) is 19.5 Å².